The standard InChI is InChI=1S/C15H19N3O3S/c16-14(20)11-7-13(19)17-5-6-18(11)15(21)10-8-22-12-4-2-1-3-9(10)12/h8,11H,1-7H2,(H2,16,20)(H,17,19). The van der Waals surface area contributed by atoms with Crippen molar-refractivity contribution in [2.24, 2.45) is 5.73 Å². The summed E-state index contributed by atoms with van der Waals surface area (Å²) in [6.07, 6.45) is 4.11. The van der Waals surface area contributed by atoms with Gasteiger partial charge in [0.05, 0.1) is 12.0 Å². The molecule has 2 aliphatic rings. The predicted molar refractivity (Wildman–Crippen MR) is 82.6 cm³/mol. The number of amides is 3. The summed E-state index contributed by atoms with van der Waals surface area (Å²) in [5.74, 6) is -1.05. The predicted octanol–water partition coefficient (Wildman–Crippen LogP) is 0.443. The van der Waals surface area contributed by atoms with Crippen LogP contribution in [0.15, 0.2) is 5.38 Å². The number of nitrogens with two attached hydrogens (primary N) is 1. The van der Waals surface area contributed by atoms with Crippen LogP contribution in [0.5, 0.6) is 0 Å². The quantitative estimate of drug-likeness (QED) is 0.828. The molecule has 1 aromatic heterocycles. The highest BCUT2D eigenvalue weighted by Gasteiger charge is 2.34. The van der Waals surface area contributed by atoms with E-state index < -0.39 is 11.9 Å². The monoisotopic (exact) mass is 321 g/mol. The van der Waals surface area contributed by atoms with Crippen LogP contribution in [0.1, 0.15) is 40.1 Å². The molecular weight excluding hydrogens is 302 g/mol. The van der Waals surface area contributed by atoms with E-state index in [2.05, 4.69) is 5.32 Å². The lowest BCUT2D eigenvalue weighted by molar-refractivity contribution is -0.127. The van der Waals surface area contributed by atoms with Crippen molar-refractivity contribution < 1.29 is 14.4 Å². The molecule has 1 fully saturated rings. The van der Waals surface area contributed by atoms with Crippen molar-refractivity contribution in [2.45, 2.75) is 38.1 Å². The molecule has 6 nitrogen and oxygen atoms in total. The molecule has 1 aliphatic heterocycles. The number of hydrogen-bond acceptors (Lipinski definition) is 4. The number of thiophene rings is 1. The van der Waals surface area contributed by atoms with Crippen molar-refractivity contribution in [2.75, 3.05) is 13.1 Å². The van der Waals surface area contributed by atoms with Gasteiger partial charge in [-0.1, -0.05) is 0 Å². The Balaban J connectivity index is 1.90. The Kier molecular flexibility index (Phi) is 4.15. The topological polar surface area (TPSA) is 92.5 Å². The number of hydrogen-bond donors (Lipinski definition) is 2. The maximum absolute atomic E-state index is 12.9. The van der Waals surface area contributed by atoms with E-state index in [1.165, 1.54) is 9.78 Å². The average molecular weight is 321 g/mol. The summed E-state index contributed by atoms with van der Waals surface area (Å²) in [7, 11) is 0. The van der Waals surface area contributed by atoms with Gasteiger partial charge in [-0.05, 0) is 31.2 Å². The van der Waals surface area contributed by atoms with Crippen molar-refractivity contribution in [1.82, 2.24) is 10.2 Å². The summed E-state index contributed by atoms with van der Waals surface area (Å²) >= 11 is 1.61. The molecule has 0 spiro atoms. The number of carbonyl (C=O) groups excluding carboxylic acids is 3. The van der Waals surface area contributed by atoms with E-state index in [1.807, 2.05) is 5.38 Å². The molecular formula is C15H19N3O3S. The highest BCUT2D eigenvalue weighted by molar-refractivity contribution is 7.10. The number of rotatable bonds is 2. The lowest BCUT2D eigenvalue weighted by Gasteiger charge is -2.27. The van der Waals surface area contributed by atoms with Crippen molar-refractivity contribution in [3.8, 4) is 0 Å². The Hall–Kier alpha value is -1.89. The fourth-order valence-electron chi connectivity index (χ4n) is 3.15. The molecule has 1 atom stereocenters. The summed E-state index contributed by atoms with van der Waals surface area (Å²) < 4.78 is 0. The second kappa shape index (κ2) is 6.08. The van der Waals surface area contributed by atoms with Gasteiger partial charge in [0.25, 0.3) is 5.91 Å². The zero-order chi connectivity index (χ0) is 15.7. The van der Waals surface area contributed by atoms with Crippen molar-refractivity contribution in [3.05, 3.63) is 21.4 Å². The third-order valence-corrected chi connectivity index (χ3v) is 5.40. The van der Waals surface area contributed by atoms with Crippen LogP contribution in [-0.2, 0) is 22.4 Å². The highest BCUT2D eigenvalue weighted by Crippen LogP contribution is 2.31. The van der Waals surface area contributed by atoms with Gasteiger partial charge in [0.15, 0.2) is 0 Å². The summed E-state index contributed by atoms with van der Waals surface area (Å²) in [6.45, 7) is 0.656. The fraction of sp³-hybridized carbons (Fsp3) is 0.533. The molecule has 118 valence electrons. The van der Waals surface area contributed by atoms with Crippen molar-refractivity contribution in [1.29, 1.82) is 0 Å². The number of carbonyl (C=O) groups is 3. The first kappa shape index (κ1) is 15.0. The van der Waals surface area contributed by atoms with Gasteiger partial charge in [0.2, 0.25) is 11.8 Å². The number of primary amides is 1. The number of nitrogens with zero attached hydrogens (tertiary/aromatic N) is 1. The van der Waals surface area contributed by atoms with Gasteiger partial charge in [-0.2, -0.15) is 0 Å². The highest BCUT2D eigenvalue weighted by atomic mass is 32.1. The van der Waals surface area contributed by atoms with Gasteiger partial charge in [0, 0.05) is 23.3 Å². The molecule has 0 saturated carbocycles. The maximum atomic E-state index is 12.9. The van der Waals surface area contributed by atoms with Crippen LogP contribution in [0.25, 0.3) is 0 Å². The Morgan fingerprint density at radius 2 is 2.09 bits per heavy atom. The fourth-order valence-corrected chi connectivity index (χ4v) is 4.27. The van der Waals surface area contributed by atoms with Crippen LogP contribution >= 0.6 is 11.3 Å². The average Bonchev–Trinajstić information content (AvgIpc) is 2.82. The normalized spacial score (nSPS) is 21.7. The van der Waals surface area contributed by atoms with Crippen LogP contribution in [0.3, 0.4) is 0 Å². The Morgan fingerprint density at radius 1 is 1.32 bits per heavy atom. The first-order chi connectivity index (χ1) is 10.6. The summed E-state index contributed by atoms with van der Waals surface area (Å²) in [4.78, 5) is 38.9. The van der Waals surface area contributed by atoms with E-state index in [9.17, 15) is 14.4 Å². The maximum Gasteiger partial charge on any atom is 0.255 e. The van der Waals surface area contributed by atoms with E-state index in [0.717, 1.165) is 31.2 Å². The van der Waals surface area contributed by atoms with Gasteiger partial charge in [-0.15, -0.1) is 11.3 Å². The molecule has 3 N–H and O–H groups in total. The number of fused-ring (bicyclic) bond motifs is 1. The Morgan fingerprint density at radius 3 is 2.86 bits per heavy atom. The molecule has 1 aliphatic carbocycles. The molecule has 7 heteroatoms. The van der Waals surface area contributed by atoms with Crippen LogP contribution < -0.4 is 11.1 Å². The smallest absolute Gasteiger partial charge is 0.255 e. The lowest BCUT2D eigenvalue weighted by Crippen LogP contribution is -2.48. The van der Waals surface area contributed by atoms with Crippen LogP contribution in [-0.4, -0.2) is 41.8 Å². The third kappa shape index (κ3) is 2.72. The first-order valence-corrected chi connectivity index (χ1v) is 8.42. The Labute approximate surface area is 132 Å². The summed E-state index contributed by atoms with van der Waals surface area (Å²) in [5.41, 5.74) is 7.21. The minimum Gasteiger partial charge on any atom is -0.368 e. The molecule has 2 heterocycles. The van der Waals surface area contributed by atoms with E-state index >= 15 is 0 Å². The zero-order valence-electron chi connectivity index (χ0n) is 12.3. The number of nitrogens with one attached hydrogen (secondary N) is 1. The largest absolute Gasteiger partial charge is 0.368 e. The molecule has 1 aromatic rings. The van der Waals surface area contributed by atoms with Gasteiger partial charge in [0.1, 0.15) is 6.04 Å². The SMILES string of the molecule is NC(=O)C1CC(=O)NCCN1C(=O)c1csc2c1CCCC2. The Bertz CT molecular complexity index is 626. The second-order valence-corrected chi connectivity index (χ2v) is 6.69. The molecule has 1 saturated heterocycles. The zero-order valence-corrected chi connectivity index (χ0v) is 13.1. The van der Waals surface area contributed by atoms with E-state index in [-0.39, 0.29) is 18.2 Å². The molecule has 0 bridgehead atoms. The molecule has 0 radical (unpaired) electrons. The first-order valence-electron chi connectivity index (χ1n) is 7.54. The van der Waals surface area contributed by atoms with E-state index in [0.29, 0.717) is 18.7 Å². The van der Waals surface area contributed by atoms with Gasteiger partial charge >= 0.3 is 0 Å². The minimum atomic E-state index is -0.867. The van der Waals surface area contributed by atoms with Gasteiger partial charge in [-0.25, -0.2) is 0 Å². The van der Waals surface area contributed by atoms with Crippen molar-refractivity contribution >= 4 is 29.1 Å². The minimum absolute atomic E-state index is 0.0621. The molecule has 1 unspecified atom stereocenters. The van der Waals surface area contributed by atoms with Crippen LogP contribution in [0.4, 0.5) is 0 Å². The summed E-state index contributed by atoms with van der Waals surface area (Å²) in [6, 6.07) is -0.867. The molecule has 3 amide bonds. The van der Waals surface area contributed by atoms with Crippen molar-refractivity contribution in [3.63, 3.8) is 0 Å². The van der Waals surface area contributed by atoms with Gasteiger partial charge in [-0.3, -0.25) is 14.4 Å². The molecule has 3 rings (SSSR count). The third-order valence-electron chi connectivity index (χ3n) is 4.31. The molecule has 0 aromatic carbocycles. The second-order valence-electron chi connectivity index (χ2n) is 5.73. The van der Waals surface area contributed by atoms with E-state index in [4.69, 9.17) is 5.73 Å². The number of aryl methyl sites for hydroxylation is 1. The van der Waals surface area contributed by atoms with Gasteiger partial charge < -0.3 is 16.0 Å². The lowest BCUT2D eigenvalue weighted by atomic mass is 9.95. The van der Waals surface area contributed by atoms with Crippen LogP contribution in [0.2, 0.25) is 0 Å². The molecule has 22 heavy (non-hydrogen) atoms. The summed E-state index contributed by atoms with van der Waals surface area (Å²) in [5, 5.41) is 4.57. The van der Waals surface area contributed by atoms with E-state index in [1.54, 1.807) is 11.3 Å². The van der Waals surface area contributed by atoms with Crippen LogP contribution in [0, 0.1) is 0 Å².